The zero-order valence-corrected chi connectivity index (χ0v) is 10.5. The quantitative estimate of drug-likeness (QED) is 0.723. The van der Waals surface area contributed by atoms with Crippen LogP contribution in [0.5, 0.6) is 0 Å². The van der Waals surface area contributed by atoms with Crippen molar-refractivity contribution >= 4 is 5.91 Å². The molecule has 1 amide bonds. The van der Waals surface area contributed by atoms with Crippen LogP contribution in [0.2, 0.25) is 0 Å². The molecule has 2 aliphatic heterocycles. The van der Waals surface area contributed by atoms with E-state index in [-0.39, 0.29) is 17.4 Å². The molecule has 2 aliphatic rings. The maximum atomic E-state index is 12.0. The van der Waals surface area contributed by atoms with E-state index < -0.39 is 0 Å². The lowest BCUT2D eigenvalue weighted by Crippen LogP contribution is -2.48. The number of hydrogen-bond donors (Lipinski definition) is 2. The summed E-state index contributed by atoms with van der Waals surface area (Å²) < 4.78 is 10.8. The van der Waals surface area contributed by atoms with Gasteiger partial charge in [0.25, 0.3) is 0 Å². The highest BCUT2D eigenvalue weighted by molar-refractivity contribution is 5.79. The summed E-state index contributed by atoms with van der Waals surface area (Å²) in [6.45, 7) is 3.67. The molecule has 2 heterocycles. The van der Waals surface area contributed by atoms with Crippen LogP contribution in [-0.4, -0.2) is 51.5 Å². The minimum atomic E-state index is -0.308. The average Bonchev–Trinajstić information content (AvgIpc) is 2.86. The van der Waals surface area contributed by atoms with Gasteiger partial charge in [0.05, 0.1) is 12.5 Å². The van der Waals surface area contributed by atoms with Crippen molar-refractivity contribution in [3.8, 4) is 0 Å². The lowest BCUT2D eigenvalue weighted by Gasteiger charge is -2.28. The van der Waals surface area contributed by atoms with Crippen LogP contribution in [0.15, 0.2) is 0 Å². The molecule has 2 unspecified atom stereocenters. The van der Waals surface area contributed by atoms with Gasteiger partial charge in [-0.25, -0.2) is 0 Å². The Bertz CT molecular complexity index is 258. The molecule has 2 fully saturated rings. The summed E-state index contributed by atoms with van der Waals surface area (Å²) in [4.78, 5) is 12.0. The molecule has 17 heavy (non-hydrogen) atoms. The molecule has 0 aromatic rings. The van der Waals surface area contributed by atoms with Crippen molar-refractivity contribution in [2.24, 2.45) is 5.92 Å². The summed E-state index contributed by atoms with van der Waals surface area (Å²) in [5, 5.41) is 6.25. The first-order chi connectivity index (χ1) is 8.26. The SMILES string of the molecule is COC1(CNC(=O)C2CCCNC2)CCOC1. The first-order valence-electron chi connectivity index (χ1n) is 6.37. The maximum Gasteiger partial charge on any atom is 0.224 e. The molecule has 0 aliphatic carbocycles. The second-order valence-corrected chi connectivity index (χ2v) is 4.95. The average molecular weight is 242 g/mol. The Balaban J connectivity index is 1.78. The second kappa shape index (κ2) is 5.80. The Kier molecular flexibility index (Phi) is 4.36. The lowest BCUT2D eigenvalue weighted by molar-refractivity contribution is -0.127. The standard InChI is InChI=1S/C12H22N2O3/c1-16-12(4-6-17-9-12)8-14-11(15)10-3-2-5-13-7-10/h10,13H,2-9H2,1H3,(H,14,15). The zero-order valence-electron chi connectivity index (χ0n) is 10.5. The third-order valence-corrected chi connectivity index (χ3v) is 3.75. The number of carbonyl (C=O) groups excluding carboxylic acids is 1. The Labute approximate surface area is 102 Å². The first kappa shape index (κ1) is 12.8. The number of ether oxygens (including phenoxy) is 2. The fourth-order valence-corrected chi connectivity index (χ4v) is 2.43. The van der Waals surface area contributed by atoms with Gasteiger partial charge in [0.15, 0.2) is 0 Å². The van der Waals surface area contributed by atoms with Crippen LogP contribution in [0.4, 0.5) is 0 Å². The largest absolute Gasteiger partial charge is 0.378 e. The number of carbonyl (C=O) groups is 1. The van der Waals surface area contributed by atoms with Crippen molar-refractivity contribution in [3.05, 3.63) is 0 Å². The summed E-state index contributed by atoms with van der Waals surface area (Å²) >= 11 is 0. The topological polar surface area (TPSA) is 59.6 Å². The Morgan fingerprint density at radius 2 is 2.53 bits per heavy atom. The van der Waals surface area contributed by atoms with Crippen molar-refractivity contribution in [2.75, 3.05) is 40.0 Å². The van der Waals surface area contributed by atoms with E-state index in [9.17, 15) is 4.79 Å². The van der Waals surface area contributed by atoms with Crippen molar-refractivity contribution in [1.29, 1.82) is 0 Å². The number of hydrogen-bond acceptors (Lipinski definition) is 4. The van der Waals surface area contributed by atoms with E-state index in [1.54, 1.807) is 7.11 Å². The van der Waals surface area contributed by atoms with E-state index in [0.29, 0.717) is 19.8 Å². The number of piperidine rings is 1. The van der Waals surface area contributed by atoms with Crippen molar-refractivity contribution < 1.29 is 14.3 Å². The molecular weight excluding hydrogens is 220 g/mol. The molecule has 0 saturated carbocycles. The summed E-state index contributed by atoms with van der Waals surface area (Å²) in [5.74, 6) is 0.250. The minimum Gasteiger partial charge on any atom is -0.378 e. The fraction of sp³-hybridized carbons (Fsp3) is 0.917. The summed E-state index contributed by atoms with van der Waals surface area (Å²) in [7, 11) is 1.68. The highest BCUT2D eigenvalue weighted by Gasteiger charge is 2.35. The molecule has 0 spiro atoms. The van der Waals surface area contributed by atoms with E-state index in [1.807, 2.05) is 0 Å². The molecule has 0 bridgehead atoms. The molecule has 2 rings (SSSR count). The molecule has 0 radical (unpaired) electrons. The van der Waals surface area contributed by atoms with Crippen LogP contribution in [0.1, 0.15) is 19.3 Å². The van der Waals surface area contributed by atoms with E-state index in [4.69, 9.17) is 9.47 Å². The summed E-state index contributed by atoms with van der Waals surface area (Å²) in [5.41, 5.74) is -0.308. The van der Waals surface area contributed by atoms with Gasteiger partial charge < -0.3 is 20.1 Å². The Morgan fingerprint density at radius 1 is 1.65 bits per heavy atom. The van der Waals surface area contributed by atoms with E-state index in [0.717, 1.165) is 32.4 Å². The molecule has 0 aromatic carbocycles. The predicted molar refractivity (Wildman–Crippen MR) is 63.8 cm³/mol. The van der Waals surface area contributed by atoms with Gasteiger partial charge in [-0.05, 0) is 19.4 Å². The van der Waals surface area contributed by atoms with Gasteiger partial charge in [0.2, 0.25) is 5.91 Å². The van der Waals surface area contributed by atoms with E-state index >= 15 is 0 Å². The molecule has 5 nitrogen and oxygen atoms in total. The predicted octanol–water partition coefficient (Wildman–Crippen LogP) is -0.0923. The van der Waals surface area contributed by atoms with Gasteiger partial charge in [0.1, 0.15) is 5.60 Å². The number of methoxy groups -OCH3 is 1. The van der Waals surface area contributed by atoms with Crippen molar-refractivity contribution in [1.82, 2.24) is 10.6 Å². The maximum absolute atomic E-state index is 12.0. The Morgan fingerprint density at radius 3 is 3.12 bits per heavy atom. The summed E-state index contributed by atoms with van der Waals surface area (Å²) in [6.07, 6.45) is 2.92. The highest BCUT2D eigenvalue weighted by Crippen LogP contribution is 2.21. The van der Waals surface area contributed by atoms with Crippen molar-refractivity contribution in [2.45, 2.75) is 24.9 Å². The van der Waals surface area contributed by atoms with Crippen LogP contribution in [0.25, 0.3) is 0 Å². The molecule has 2 N–H and O–H groups in total. The molecule has 5 heteroatoms. The van der Waals surface area contributed by atoms with Gasteiger partial charge in [-0.2, -0.15) is 0 Å². The second-order valence-electron chi connectivity index (χ2n) is 4.95. The third kappa shape index (κ3) is 3.18. The monoisotopic (exact) mass is 242 g/mol. The van der Waals surface area contributed by atoms with Crippen LogP contribution < -0.4 is 10.6 Å². The third-order valence-electron chi connectivity index (χ3n) is 3.75. The Hall–Kier alpha value is -0.650. The minimum absolute atomic E-state index is 0.111. The zero-order chi connectivity index (χ0) is 12.1. The highest BCUT2D eigenvalue weighted by atomic mass is 16.5. The molecular formula is C12H22N2O3. The number of rotatable bonds is 4. The smallest absolute Gasteiger partial charge is 0.224 e. The van der Waals surface area contributed by atoms with E-state index in [2.05, 4.69) is 10.6 Å². The van der Waals surface area contributed by atoms with Crippen LogP contribution in [0.3, 0.4) is 0 Å². The molecule has 2 atom stereocenters. The van der Waals surface area contributed by atoms with Crippen LogP contribution >= 0.6 is 0 Å². The molecule has 2 saturated heterocycles. The van der Waals surface area contributed by atoms with E-state index in [1.165, 1.54) is 0 Å². The number of nitrogens with one attached hydrogen (secondary N) is 2. The van der Waals surface area contributed by atoms with Gasteiger partial charge >= 0.3 is 0 Å². The van der Waals surface area contributed by atoms with Gasteiger partial charge in [-0.3, -0.25) is 4.79 Å². The molecule has 98 valence electrons. The first-order valence-corrected chi connectivity index (χ1v) is 6.37. The number of amides is 1. The van der Waals surface area contributed by atoms with Gasteiger partial charge in [-0.15, -0.1) is 0 Å². The lowest BCUT2D eigenvalue weighted by atomic mass is 9.97. The summed E-state index contributed by atoms with van der Waals surface area (Å²) in [6, 6.07) is 0. The normalized spacial score (nSPS) is 33.6. The molecule has 0 aromatic heterocycles. The van der Waals surface area contributed by atoms with Gasteiger partial charge in [0, 0.05) is 33.2 Å². The van der Waals surface area contributed by atoms with Gasteiger partial charge in [-0.1, -0.05) is 0 Å². The van der Waals surface area contributed by atoms with Crippen molar-refractivity contribution in [3.63, 3.8) is 0 Å². The fourth-order valence-electron chi connectivity index (χ4n) is 2.43. The van der Waals surface area contributed by atoms with Crippen LogP contribution in [0, 0.1) is 5.92 Å². The van der Waals surface area contributed by atoms with Crippen LogP contribution in [-0.2, 0) is 14.3 Å².